The molecular weight excluding hydrogens is 254 g/mol. The van der Waals surface area contributed by atoms with Crippen molar-refractivity contribution in [1.82, 2.24) is 5.32 Å². The highest BCUT2D eigenvalue weighted by molar-refractivity contribution is 7.92. The summed E-state index contributed by atoms with van der Waals surface area (Å²) in [4.78, 5) is 11.2. The van der Waals surface area contributed by atoms with Crippen molar-refractivity contribution >= 4 is 15.8 Å². The summed E-state index contributed by atoms with van der Waals surface area (Å²) in [5.41, 5.74) is -0.0656. The van der Waals surface area contributed by atoms with Crippen molar-refractivity contribution in [1.29, 1.82) is 0 Å². The summed E-state index contributed by atoms with van der Waals surface area (Å²) >= 11 is 0. The van der Waals surface area contributed by atoms with Gasteiger partial charge < -0.3 is 10.1 Å². The monoisotopic (exact) mass is 277 g/mol. The molecule has 1 fully saturated rings. The van der Waals surface area contributed by atoms with Gasteiger partial charge >= 0.3 is 5.97 Å². The Bertz CT molecular complexity index is 402. The summed E-state index contributed by atoms with van der Waals surface area (Å²) in [7, 11) is -2.24. The van der Waals surface area contributed by atoms with E-state index in [1.54, 1.807) is 0 Å². The number of ether oxygens (including phenoxy) is 1. The molecule has 1 aliphatic carbocycles. The number of nitrogens with one attached hydrogen (secondary N) is 1. The van der Waals surface area contributed by atoms with E-state index in [0.717, 1.165) is 13.0 Å². The average molecular weight is 277 g/mol. The second-order valence-corrected chi connectivity index (χ2v) is 7.70. The highest BCUT2D eigenvalue weighted by Gasteiger charge is 2.47. The quantitative estimate of drug-likeness (QED) is 0.750. The SMILES string of the molecule is CCNC1C(S(=O)(=O)CC(=O)OC)CCC1(C)C. The standard InChI is InChI=1S/C12H23NO4S/c1-5-13-11-9(6-7-12(11,2)3)18(15,16)8-10(14)17-4/h9,11,13H,5-8H2,1-4H3. The lowest BCUT2D eigenvalue weighted by Gasteiger charge is -2.31. The molecule has 0 aromatic heterocycles. The van der Waals surface area contributed by atoms with Gasteiger partial charge in [0, 0.05) is 6.04 Å². The van der Waals surface area contributed by atoms with Crippen molar-refractivity contribution in [3.05, 3.63) is 0 Å². The second kappa shape index (κ2) is 5.57. The van der Waals surface area contributed by atoms with Crippen molar-refractivity contribution in [3.63, 3.8) is 0 Å². The van der Waals surface area contributed by atoms with Gasteiger partial charge in [-0.2, -0.15) is 0 Å². The van der Waals surface area contributed by atoms with Crippen LogP contribution in [0.1, 0.15) is 33.6 Å². The van der Waals surface area contributed by atoms with E-state index in [4.69, 9.17) is 0 Å². The minimum absolute atomic E-state index is 0.0656. The van der Waals surface area contributed by atoms with E-state index in [9.17, 15) is 13.2 Å². The first-order chi connectivity index (χ1) is 8.24. The van der Waals surface area contributed by atoms with Gasteiger partial charge in [0.05, 0.1) is 12.4 Å². The van der Waals surface area contributed by atoms with Gasteiger partial charge in [-0.15, -0.1) is 0 Å². The predicted octanol–water partition coefficient (Wildman–Crippen LogP) is 0.741. The van der Waals surface area contributed by atoms with Crippen molar-refractivity contribution < 1.29 is 17.9 Å². The number of carbonyl (C=O) groups is 1. The van der Waals surface area contributed by atoms with Crippen molar-refractivity contribution in [2.75, 3.05) is 19.4 Å². The fourth-order valence-corrected chi connectivity index (χ4v) is 4.70. The highest BCUT2D eigenvalue weighted by atomic mass is 32.2. The molecule has 0 spiro atoms. The van der Waals surface area contributed by atoms with E-state index in [0.29, 0.717) is 6.42 Å². The van der Waals surface area contributed by atoms with Gasteiger partial charge in [0.15, 0.2) is 9.84 Å². The third kappa shape index (κ3) is 3.23. The van der Waals surface area contributed by atoms with Gasteiger partial charge in [0.2, 0.25) is 0 Å². The van der Waals surface area contributed by atoms with Crippen LogP contribution in [0.25, 0.3) is 0 Å². The van der Waals surface area contributed by atoms with Crippen molar-refractivity contribution in [3.8, 4) is 0 Å². The molecule has 1 saturated carbocycles. The average Bonchev–Trinajstić information content (AvgIpc) is 2.55. The van der Waals surface area contributed by atoms with Crippen LogP contribution < -0.4 is 5.32 Å². The topological polar surface area (TPSA) is 72.5 Å². The van der Waals surface area contributed by atoms with Gasteiger partial charge in [-0.1, -0.05) is 20.8 Å². The Morgan fingerprint density at radius 3 is 2.56 bits per heavy atom. The molecule has 0 bridgehead atoms. The Hall–Kier alpha value is -0.620. The second-order valence-electron chi connectivity index (χ2n) is 5.48. The lowest BCUT2D eigenvalue weighted by molar-refractivity contribution is -0.137. The van der Waals surface area contributed by atoms with E-state index in [1.165, 1.54) is 7.11 Å². The summed E-state index contributed by atoms with van der Waals surface area (Å²) in [5, 5.41) is 2.76. The number of hydrogen-bond donors (Lipinski definition) is 1. The Kier molecular flexibility index (Phi) is 4.78. The van der Waals surface area contributed by atoms with Crippen LogP contribution in [-0.2, 0) is 19.4 Å². The molecule has 1 aliphatic rings. The smallest absolute Gasteiger partial charge is 0.320 e. The zero-order valence-corrected chi connectivity index (χ0v) is 12.3. The third-order valence-corrected chi connectivity index (χ3v) is 5.79. The first kappa shape index (κ1) is 15.4. The number of sulfone groups is 1. The normalized spacial score (nSPS) is 27.1. The van der Waals surface area contributed by atoms with Gasteiger partial charge in [-0.25, -0.2) is 8.42 Å². The van der Waals surface area contributed by atoms with Crippen LogP contribution in [0.5, 0.6) is 0 Å². The maximum atomic E-state index is 12.2. The molecule has 0 amide bonds. The van der Waals surface area contributed by atoms with Crippen molar-refractivity contribution in [2.45, 2.75) is 44.9 Å². The molecule has 2 unspecified atom stereocenters. The molecule has 0 saturated heterocycles. The van der Waals surface area contributed by atoms with E-state index in [-0.39, 0.29) is 11.5 Å². The van der Waals surface area contributed by atoms with Crippen LogP contribution in [0, 0.1) is 5.41 Å². The summed E-state index contributed by atoms with van der Waals surface area (Å²) in [6.45, 7) is 6.80. The van der Waals surface area contributed by atoms with Crippen LogP contribution >= 0.6 is 0 Å². The molecule has 18 heavy (non-hydrogen) atoms. The minimum atomic E-state index is -3.45. The lowest BCUT2D eigenvalue weighted by atomic mass is 9.87. The molecular formula is C12H23NO4S. The number of carbonyl (C=O) groups excluding carboxylic acids is 1. The molecule has 0 heterocycles. The molecule has 0 aliphatic heterocycles. The molecule has 0 aromatic carbocycles. The number of methoxy groups -OCH3 is 1. The van der Waals surface area contributed by atoms with Gasteiger partial charge in [-0.3, -0.25) is 4.79 Å². The number of rotatable bonds is 5. The Labute approximate surface area is 109 Å². The molecule has 1 rings (SSSR count). The van der Waals surface area contributed by atoms with E-state index < -0.39 is 26.8 Å². The van der Waals surface area contributed by atoms with Crippen LogP contribution in [0.15, 0.2) is 0 Å². The van der Waals surface area contributed by atoms with Crippen LogP contribution in [0.4, 0.5) is 0 Å². The van der Waals surface area contributed by atoms with Gasteiger partial charge in [0.25, 0.3) is 0 Å². The predicted molar refractivity (Wildman–Crippen MR) is 70.1 cm³/mol. The molecule has 2 atom stereocenters. The Balaban J connectivity index is 2.91. The van der Waals surface area contributed by atoms with E-state index in [2.05, 4.69) is 23.9 Å². The molecule has 106 valence electrons. The van der Waals surface area contributed by atoms with Crippen molar-refractivity contribution in [2.24, 2.45) is 5.41 Å². The van der Waals surface area contributed by atoms with Gasteiger partial charge in [-0.05, 0) is 24.8 Å². The minimum Gasteiger partial charge on any atom is -0.468 e. The summed E-state index contributed by atoms with van der Waals surface area (Å²) < 4.78 is 28.9. The maximum absolute atomic E-state index is 12.2. The molecule has 1 N–H and O–H groups in total. The Morgan fingerprint density at radius 2 is 2.06 bits per heavy atom. The zero-order valence-electron chi connectivity index (χ0n) is 11.5. The van der Waals surface area contributed by atoms with Gasteiger partial charge in [0.1, 0.15) is 5.75 Å². The highest BCUT2D eigenvalue weighted by Crippen LogP contribution is 2.40. The number of esters is 1. The Morgan fingerprint density at radius 1 is 1.44 bits per heavy atom. The van der Waals surface area contributed by atoms with E-state index in [1.807, 2.05) is 6.92 Å². The van der Waals surface area contributed by atoms with Crippen LogP contribution in [-0.4, -0.2) is 45.1 Å². The van der Waals surface area contributed by atoms with Crippen LogP contribution in [0.3, 0.4) is 0 Å². The summed E-state index contributed by atoms with van der Waals surface area (Å²) in [5.74, 6) is -1.21. The lowest BCUT2D eigenvalue weighted by Crippen LogP contribution is -2.48. The zero-order chi connectivity index (χ0) is 14.0. The molecule has 0 aromatic rings. The molecule has 5 nitrogen and oxygen atoms in total. The number of hydrogen-bond acceptors (Lipinski definition) is 5. The van der Waals surface area contributed by atoms with E-state index >= 15 is 0 Å². The van der Waals surface area contributed by atoms with Crippen LogP contribution in [0.2, 0.25) is 0 Å². The first-order valence-corrected chi connectivity index (χ1v) is 7.98. The summed E-state index contributed by atoms with van der Waals surface area (Å²) in [6, 6.07) is -0.0999. The molecule has 6 heteroatoms. The maximum Gasteiger partial charge on any atom is 0.320 e. The summed E-state index contributed by atoms with van der Waals surface area (Å²) in [6.07, 6.45) is 1.44. The fraction of sp³-hybridized carbons (Fsp3) is 0.917. The first-order valence-electron chi connectivity index (χ1n) is 6.26. The fourth-order valence-electron chi connectivity index (χ4n) is 2.68. The molecule has 0 radical (unpaired) electrons. The largest absolute Gasteiger partial charge is 0.468 e. The third-order valence-electron chi connectivity index (χ3n) is 3.72.